The molecule has 10 nitrogen and oxygen atoms in total. The number of carbonyl (C=O) groups excluding carboxylic acids is 2. The number of phenols is 1. The molecule has 0 radical (unpaired) electrons. The monoisotopic (exact) mass is 495 g/mol. The van der Waals surface area contributed by atoms with Crippen LogP contribution in [0.3, 0.4) is 0 Å². The summed E-state index contributed by atoms with van der Waals surface area (Å²) in [6.07, 6.45) is 1.17. The molecule has 0 aliphatic rings. The van der Waals surface area contributed by atoms with Crippen molar-refractivity contribution in [2.45, 2.75) is 20.5 Å². The van der Waals surface area contributed by atoms with Gasteiger partial charge in [-0.1, -0.05) is 12.1 Å². The van der Waals surface area contributed by atoms with E-state index in [1.165, 1.54) is 12.3 Å². The van der Waals surface area contributed by atoms with Gasteiger partial charge in [-0.05, 0) is 28.1 Å². The number of halogens is 2. The molecule has 0 amide bonds. The first-order valence-electron chi connectivity index (χ1n) is 8.65. The topological polar surface area (TPSA) is 133 Å². The van der Waals surface area contributed by atoms with Gasteiger partial charge in [-0.2, -0.15) is 9.37 Å². The van der Waals surface area contributed by atoms with E-state index in [-0.39, 0.29) is 27.5 Å². The molecule has 2 heterocycles. The predicted octanol–water partition coefficient (Wildman–Crippen LogP) is 3.16. The fourth-order valence-electron chi connectivity index (χ4n) is 2.46. The largest absolute Gasteiger partial charge is 0.506 e. The molecule has 0 aliphatic carbocycles. The van der Waals surface area contributed by atoms with Gasteiger partial charge in [0.2, 0.25) is 17.5 Å². The van der Waals surface area contributed by atoms with Crippen LogP contribution < -0.4 is 15.7 Å². The SMILES string of the molecule is CC(=O)OCc1oc(-n2cc(Br)c(Nc3ccccc3O)nc2=O)c(F)c1OC(C)=O. The number of para-hydroxylation sites is 2. The molecule has 0 unspecified atom stereocenters. The minimum atomic E-state index is -1.16. The molecule has 0 fully saturated rings. The van der Waals surface area contributed by atoms with Crippen molar-refractivity contribution in [1.82, 2.24) is 9.55 Å². The minimum absolute atomic E-state index is 0.0510. The molecule has 0 saturated carbocycles. The number of furan rings is 1. The van der Waals surface area contributed by atoms with Crippen molar-refractivity contribution in [2.75, 3.05) is 5.32 Å². The summed E-state index contributed by atoms with van der Waals surface area (Å²) in [6, 6.07) is 6.29. The van der Waals surface area contributed by atoms with E-state index in [1.807, 2.05) is 0 Å². The Bertz CT molecular complexity index is 1220. The zero-order chi connectivity index (χ0) is 22.7. The quantitative estimate of drug-likeness (QED) is 0.390. The van der Waals surface area contributed by atoms with E-state index in [9.17, 15) is 23.9 Å². The molecule has 3 rings (SSSR count). The highest BCUT2D eigenvalue weighted by Gasteiger charge is 2.27. The van der Waals surface area contributed by atoms with Crippen molar-refractivity contribution in [3.05, 3.63) is 57.0 Å². The first kappa shape index (κ1) is 22.0. The lowest BCUT2D eigenvalue weighted by atomic mass is 10.3. The Morgan fingerprint density at radius 3 is 2.65 bits per heavy atom. The van der Waals surface area contributed by atoms with E-state index in [2.05, 4.69) is 26.2 Å². The van der Waals surface area contributed by atoms with E-state index in [0.717, 1.165) is 18.4 Å². The Hall–Kier alpha value is -3.67. The van der Waals surface area contributed by atoms with E-state index in [1.54, 1.807) is 18.2 Å². The van der Waals surface area contributed by atoms with Gasteiger partial charge in [-0.15, -0.1) is 0 Å². The number of aromatic nitrogens is 2. The molecule has 0 bridgehead atoms. The maximum atomic E-state index is 14.9. The fourth-order valence-corrected chi connectivity index (χ4v) is 2.86. The smallest absolute Gasteiger partial charge is 0.356 e. The van der Waals surface area contributed by atoms with Crippen molar-refractivity contribution >= 4 is 39.4 Å². The number of phenolic OH excluding ortho intramolecular Hbond substituents is 1. The van der Waals surface area contributed by atoms with Gasteiger partial charge in [-0.25, -0.2) is 9.36 Å². The van der Waals surface area contributed by atoms with Crippen LogP contribution in [0.1, 0.15) is 19.6 Å². The number of aromatic hydroxyl groups is 1. The number of anilines is 2. The first-order valence-corrected chi connectivity index (χ1v) is 9.44. The van der Waals surface area contributed by atoms with Crippen molar-refractivity contribution < 1.29 is 33.0 Å². The van der Waals surface area contributed by atoms with Crippen molar-refractivity contribution in [3.63, 3.8) is 0 Å². The lowest BCUT2D eigenvalue weighted by Crippen LogP contribution is -2.22. The highest BCUT2D eigenvalue weighted by molar-refractivity contribution is 9.10. The van der Waals surface area contributed by atoms with Crippen molar-refractivity contribution in [3.8, 4) is 17.4 Å². The number of nitrogens with one attached hydrogen (secondary N) is 1. The maximum absolute atomic E-state index is 14.9. The van der Waals surface area contributed by atoms with E-state index in [0.29, 0.717) is 0 Å². The molecule has 3 aromatic rings. The molecule has 12 heteroatoms. The summed E-state index contributed by atoms with van der Waals surface area (Å²) in [5, 5.41) is 12.6. The molecular formula is C19H15BrFN3O7. The zero-order valence-corrected chi connectivity index (χ0v) is 17.7. The Morgan fingerprint density at radius 2 is 2.00 bits per heavy atom. The zero-order valence-electron chi connectivity index (χ0n) is 16.1. The number of benzene rings is 1. The lowest BCUT2D eigenvalue weighted by molar-refractivity contribution is -0.142. The number of hydrogen-bond donors (Lipinski definition) is 2. The Balaban J connectivity index is 2.03. The van der Waals surface area contributed by atoms with Crippen molar-refractivity contribution in [1.29, 1.82) is 0 Å². The molecule has 0 saturated heterocycles. The number of carbonyl (C=O) groups is 2. The second-order valence-corrected chi connectivity index (χ2v) is 6.93. The predicted molar refractivity (Wildman–Crippen MR) is 108 cm³/mol. The number of nitrogens with zero attached hydrogens (tertiary/aromatic N) is 2. The lowest BCUT2D eigenvalue weighted by Gasteiger charge is -2.10. The van der Waals surface area contributed by atoms with Crippen LogP contribution in [0.4, 0.5) is 15.9 Å². The molecule has 1 aromatic carbocycles. The molecule has 0 spiro atoms. The summed E-state index contributed by atoms with van der Waals surface area (Å²) < 4.78 is 30.8. The van der Waals surface area contributed by atoms with Gasteiger partial charge >= 0.3 is 17.6 Å². The standard InChI is InChI=1S/C19H15BrFN3O7/c1-9(25)29-8-14-16(30-10(2)26)15(21)18(31-14)24-7-11(20)17(23-19(24)28)22-12-5-3-4-6-13(12)27/h3-7,27H,8H2,1-2H3,(H,22,23,28). The van der Waals surface area contributed by atoms with Gasteiger partial charge in [-0.3, -0.25) is 9.59 Å². The number of hydrogen-bond acceptors (Lipinski definition) is 9. The molecule has 0 aliphatic heterocycles. The summed E-state index contributed by atoms with van der Waals surface area (Å²) in [4.78, 5) is 38.7. The van der Waals surface area contributed by atoms with Crippen molar-refractivity contribution in [2.24, 2.45) is 0 Å². The van der Waals surface area contributed by atoms with Gasteiger partial charge in [0.25, 0.3) is 0 Å². The van der Waals surface area contributed by atoms with Gasteiger partial charge in [0, 0.05) is 20.0 Å². The van der Waals surface area contributed by atoms with Crippen LogP contribution in [0.2, 0.25) is 0 Å². The highest BCUT2D eigenvalue weighted by Crippen LogP contribution is 2.33. The van der Waals surface area contributed by atoms with Crippen LogP contribution in [0, 0.1) is 5.82 Å². The number of esters is 2. The molecule has 162 valence electrons. The molecular weight excluding hydrogens is 481 g/mol. The third-order valence-electron chi connectivity index (χ3n) is 3.77. The van der Waals surface area contributed by atoms with Crippen LogP contribution in [-0.4, -0.2) is 26.6 Å². The van der Waals surface area contributed by atoms with Crippen LogP contribution in [0.25, 0.3) is 5.88 Å². The summed E-state index contributed by atoms with van der Waals surface area (Å²) in [6.45, 7) is 1.66. The number of ether oxygens (including phenoxy) is 2. The second-order valence-electron chi connectivity index (χ2n) is 6.08. The maximum Gasteiger partial charge on any atom is 0.356 e. The average molecular weight is 496 g/mol. The summed E-state index contributed by atoms with van der Waals surface area (Å²) in [7, 11) is 0. The van der Waals surface area contributed by atoms with Gasteiger partial charge in [0.05, 0.1) is 10.2 Å². The van der Waals surface area contributed by atoms with Crippen LogP contribution >= 0.6 is 15.9 Å². The third-order valence-corrected chi connectivity index (χ3v) is 4.35. The van der Waals surface area contributed by atoms with E-state index >= 15 is 0 Å². The Morgan fingerprint density at radius 1 is 1.29 bits per heavy atom. The fraction of sp³-hybridized carbons (Fsp3) is 0.158. The summed E-state index contributed by atoms with van der Waals surface area (Å²) in [5.41, 5.74) is -0.653. The Labute approximate surface area is 182 Å². The second kappa shape index (κ2) is 9.00. The highest BCUT2D eigenvalue weighted by atomic mass is 79.9. The molecule has 2 aromatic heterocycles. The first-order chi connectivity index (χ1) is 14.7. The van der Waals surface area contributed by atoms with Gasteiger partial charge in [0.1, 0.15) is 5.75 Å². The molecule has 2 N–H and O–H groups in total. The van der Waals surface area contributed by atoms with E-state index < -0.39 is 41.7 Å². The summed E-state index contributed by atoms with van der Waals surface area (Å²) >= 11 is 3.22. The van der Waals surface area contributed by atoms with Crippen LogP contribution in [0.5, 0.6) is 11.5 Å². The van der Waals surface area contributed by atoms with Gasteiger partial charge < -0.3 is 24.3 Å². The molecule has 31 heavy (non-hydrogen) atoms. The van der Waals surface area contributed by atoms with Crippen LogP contribution in [-0.2, 0) is 20.9 Å². The minimum Gasteiger partial charge on any atom is -0.506 e. The van der Waals surface area contributed by atoms with E-state index in [4.69, 9.17) is 13.9 Å². The normalized spacial score (nSPS) is 10.6. The third kappa shape index (κ3) is 4.91. The van der Waals surface area contributed by atoms with Gasteiger partial charge in [0.15, 0.2) is 18.2 Å². The average Bonchev–Trinajstić information content (AvgIpc) is 2.99. The number of rotatable bonds is 6. The Kier molecular flexibility index (Phi) is 6.39. The molecule has 0 atom stereocenters. The summed E-state index contributed by atoms with van der Waals surface area (Å²) in [5.74, 6) is -4.23. The van der Waals surface area contributed by atoms with Crippen LogP contribution in [0.15, 0.2) is 44.1 Å².